The largest absolute Gasteiger partial charge is 0.392 e. The van der Waals surface area contributed by atoms with Gasteiger partial charge in [-0.3, -0.25) is 53.7 Å². The Morgan fingerprint density at radius 1 is 0.819 bits per heavy atom. The topological polar surface area (TPSA) is 199 Å². The number of hydrogen-bond acceptors (Lipinski definition) is 13. The van der Waals surface area contributed by atoms with Crippen LogP contribution >= 0.6 is 0 Å². The van der Waals surface area contributed by atoms with Crippen molar-refractivity contribution < 1.29 is 29.1 Å². The van der Waals surface area contributed by atoms with Crippen molar-refractivity contribution in [1.82, 2.24) is 39.1 Å². The van der Waals surface area contributed by atoms with Gasteiger partial charge in [0.05, 0.1) is 29.6 Å². The summed E-state index contributed by atoms with van der Waals surface area (Å²) in [6, 6.07) is 13.2. The van der Waals surface area contributed by atoms with Gasteiger partial charge in [0.2, 0.25) is 11.8 Å². The molecule has 12 rings (SSSR count). The smallest absolute Gasteiger partial charge is 0.276 e. The van der Waals surface area contributed by atoms with Crippen molar-refractivity contribution in [2.24, 2.45) is 12.5 Å². The lowest BCUT2D eigenvalue weighted by molar-refractivity contribution is -0.136. The Morgan fingerprint density at radius 2 is 1.62 bits per heavy atom. The second-order valence-electron chi connectivity index (χ2n) is 21.7. The second-order valence-corrected chi connectivity index (χ2v) is 21.7. The highest BCUT2D eigenvalue weighted by Crippen LogP contribution is 2.41. The van der Waals surface area contributed by atoms with Gasteiger partial charge in [0, 0.05) is 107 Å². The van der Waals surface area contributed by atoms with Crippen LogP contribution < -0.4 is 26.0 Å². The molecule has 1 aliphatic carbocycles. The number of aromatic nitrogens is 4. The van der Waals surface area contributed by atoms with Crippen LogP contribution in [0.3, 0.4) is 0 Å². The number of anilines is 4. The predicted molar refractivity (Wildman–Crippen MR) is 268 cm³/mol. The number of aliphatic hydroxyl groups excluding tert-OH is 1. The van der Waals surface area contributed by atoms with Crippen LogP contribution in [0.5, 0.6) is 0 Å². The number of piperazine rings is 1. The molecule has 10 heterocycles. The first-order chi connectivity index (χ1) is 34.6. The second kappa shape index (κ2) is 17.3. The third-order valence-corrected chi connectivity index (χ3v) is 16.5. The fourth-order valence-electron chi connectivity index (χ4n) is 12.9. The summed E-state index contributed by atoms with van der Waals surface area (Å²) in [5.41, 5.74) is 9.05. The number of nitrogens with one attached hydrogen (secondary N) is 2. The molecule has 5 amide bonds. The first-order valence-corrected chi connectivity index (χ1v) is 25.3. The summed E-state index contributed by atoms with van der Waals surface area (Å²) in [7, 11) is 1.69. The van der Waals surface area contributed by atoms with Gasteiger partial charge in [-0.25, -0.2) is 9.97 Å². The maximum absolute atomic E-state index is 14.0. The van der Waals surface area contributed by atoms with Gasteiger partial charge in [0.25, 0.3) is 23.3 Å². The zero-order valence-electron chi connectivity index (χ0n) is 41.1. The quantitative estimate of drug-likeness (QED) is 0.188. The van der Waals surface area contributed by atoms with Crippen molar-refractivity contribution in [3.05, 3.63) is 116 Å². The molecule has 372 valence electrons. The third-order valence-electron chi connectivity index (χ3n) is 16.5. The van der Waals surface area contributed by atoms with E-state index < -0.39 is 29.7 Å². The summed E-state index contributed by atoms with van der Waals surface area (Å²) in [5.74, 6) is -1.14. The maximum atomic E-state index is 14.0. The molecule has 3 N–H and O–H groups in total. The van der Waals surface area contributed by atoms with Crippen LogP contribution in [-0.4, -0.2) is 125 Å². The van der Waals surface area contributed by atoms with Crippen LogP contribution in [-0.2, 0) is 55.6 Å². The summed E-state index contributed by atoms with van der Waals surface area (Å²) in [4.78, 5) is 98.7. The molecule has 18 nitrogen and oxygen atoms in total. The van der Waals surface area contributed by atoms with Gasteiger partial charge in [0.1, 0.15) is 29.1 Å². The maximum Gasteiger partial charge on any atom is 0.276 e. The highest BCUT2D eigenvalue weighted by molar-refractivity contribution is 6.23. The van der Waals surface area contributed by atoms with Crippen LogP contribution in [0.25, 0.3) is 11.1 Å². The molecular formula is C54H59N11O7. The Balaban J connectivity index is 0.692. The number of carbonyl (C=O) groups excluding carboxylic acids is 5. The van der Waals surface area contributed by atoms with E-state index in [2.05, 4.69) is 55.7 Å². The van der Waals surface area contributed by atoms with Crippen molar-refractivity contribution in [2.45, 2.75) is 110 Å². The Bertz CT molecular complexity index is 3200. The molecule has 5 aromatic rings. The zero-order valence-corrected chi connectivity index (χ0v) is 41.1. The average molecular weight is 974 g/mol. The summed E-state index contributed by atoms with van der Waals surface area (Å²) in [6.45, 7) is 11.7. The van der Waals surface area contributed by atoms with Gasteiger partial charge in [-0.2, -0.15) is 0 Å². The highest BCUT2D eigenvalue weighted by Gasteiger charge is 2.46. The number of imide groups is 2. The van der Waals surface area contributed by atoms with E-state index in [1.165, 1.54) is 15.8 Å². The van der Waals surface area contributed by atoms with E-state index in [4.69, 9.17) is 4.98 Å². The number of aryl methyl sites for hydroxylation is 1. The Hall–Kier alpha value is -7.02. The Kier molecular flexibility index (Phi) is 11.1. The molecule has 4 aromatic heterocycles. The molecule has 3 saturated heterocycles. The van der Waals surface area contributed by atoms with Gasteiger partial charge >= 0.3 is 0 Å². The molecular weight excluding hydrogens is 915 g/mol. The molecule has 0 bridgehead atoms. The lowest BCUT2D eigenvalue weighted by Gasteiger charge is -2.49. The summed E-state index contributed by atoms with van der Waals surface area (Å²) in [6.07, 6.45) is 10.1. The van der Waals surface area contributed by atoms with Gasteiger partial charge in [-0.05, 0) is 116 Å². The minimum atomic E-state index is -0.984. The van der Waals surface area contributed by atoms with E-state index in [0.29, 0.717) is 82.6 Å². The molecule has 7 aliphatic rings. The number of fused-ring (bicyclic) bond motifs is 6. The molecule has 1 unspecified atom stereocenters. The fraction of sp³-hybridized carbons (Fsp3) is 0.444. The average Bonchev–Trinajstić information content (AvgIpc) is 3.94. The molecule has 0 radical (unpaired) electrons. The zero-order chi connectivity index (χ0) is 49.9. The molecule has 1 aromatic carbocycles. The number of nitrogens with zero attached hydrogens (tertiary/aromatic N) is 9. The number of carbonyl (C=O) groups is 5. The molecule has 18 heteroatoms. The van der Waals surface area contributed by atoms with Crippen molar-refractivity contribution in [3.63, 3.8) is 0 Å². The van der Waals surface area contributed by atoms with Gasteiger partial charge in [-0.15, -0.1) is 0 Å². The van der Waals surface area contributed by atoms with Crippen LogP contribution in [0.2, 0.25) is 0 Å². The number of amides is 5. The number of rotatable bonds is 8. The first kappa shape index (κ1) is 46.1. The van der Waals surface area contributed by atoms with E-state index in [1.54, 1.807) is 36.5 Å². The normalized spacial score (nSPS) is 24.0. The van der Waals surface area contributed by atoms with Crippen molar-refractivity contribution in [2.75, 3.05) is 47.8 Å². The molecule has 6 aliphatic heterocycles. The monoisotopic (exact) mass is 973 g/mol. The number of aliphatic hydroxyl groups is 1. The molecule has 0 saturated carbocycles. The number of benzene rings is 1. The van der Waals surface area contributed by atoms with Crippen LogP contribution in [0.4, 0.5) is 23.0 Å². The van der Waals surface area contributed by atoms with Gasteiger partial charge < -0.3 is 24.5 Å². The highest BCUT2D eigenvalue weighted by atomic mass is 16.3. The number of piperidine rings is 2. The molecule has 3 fully saturated rings. The van der Waals surface area contributed by atoms with Crippen LogP contribution in [0.1, 0.15) is 106 Å². The molecule has 0 spiro atoms. The van der Waals surface area contributed by atoms with Crippen molar-refractivity contribution >= 4 is 52.5 Å². The minimum absolute atomic E-state index is 0.0862. The number of hydrogen-bond donors (Lipinski definition) is 3. The molecule has 4 atom stereocenters. The first-order valence-electron chi connectivity index (χ1n) is 25.3. The third kappa shape index (κ3) is 7.72. The van der Waals surface area contributed by atoms with E-state index in [9.17, 15) is 33.9 Å². The fourth-order valence-corrected chi connectivity index (χ4v) is 12.9. The van der Waals surface area contributed by atoms with Crippen molar-refractivity contribution in [1.29, 1.82) is 0 Å². The summed E-state index contributed by atoms with van der Waals surface area (Å²) >= 11 is 0. The minimum Gasteiger partial charge on any atom is -0.392 e. The van der Waals surface area contributed by atoms with E-state index >= 15 is 0 Å². The van der Waals surface area contributed by atoms with Crippen LogP contribution in [0.15, 0.2) is 65.8 Å². The lowest BCUT2D eigenvalue weighted by Crippen LogP contribution is -2.58. The van der Waals surface area contributed by atoms with E-state index in [-0.39, 0.29) is 42.4 Å². The standard InChI is InChI=1S/C54H59N11O7/c1-30-26-61(35-10-12-60-28-33-19-40-39(18-31(33)17-37(60)22-35)50(69)65(51(40)70)43-6-8-47(67)58-49(43)68)13-14-62(30)36-5-7-46(56-25-36)57-42-20-34(27-59(4)52(42)71)38-9-11-55-48(41(38)29-66)64-16-15-63-44(53(64)72)21-32-23-54(2,3)24-45(32)63/h5,7,9,11,18-21,25,27,30,35,37,43,66H,6,8,10,12-17,22-24,26,28-29H2,1-4H3,(H,56,57)(H,58,67,68)/t30-,35-,37-,43?/m0/s1. The lowest BCUT2D eigenvalue weighted by atomic mass is 9.84. The summed E-state index contributed by atoms with van der Waals surface area (Å²) in [5, 5.41) is 16.4. The molecule has 72 heavy (non-hydrogen) atoms. The Morgan fingerprint density at radius 3 is 2.38 bits per heavy atom. The Labute approximate surface area is 416 Å². The predicted octanol–water partition coefficient (Wildman–Crippen LogP) is 4.17. The van der Waals surface area contributed by atoms with E-state index in [1.807, 2.05) is 36.5 Å². The van der Waals surface area contributed by atoms with Gasteiger partial charge in [-0.1, -0.05) is 13.8 Å². The van der Waals surface area contributed by atoms with Crippen molar-refractivity contribution in [3.8, 4) is 11.1 Å². The SMILES string of the molecule is C[C@H]1CN([C@H]2CCN3Cc4cc5c(cc4C[C@H]3C2)C(=O)N(C2CCC(=O)NC2=O)C5=O)CCN1c1ccc(Nc2cc(-c3ccnc(N4CCn5c(cc6c5CC(C)(C)C6)C4=O)c3CO)cn(C)c2=O)nc1. The van der Waals surface area contributed by atoms with Crippen LogP contribution in [0, 0.1) is 5.41 Å². The summed E-state index contributed by atoms with van der Waals surface area (Å²) < 4.78 is 3.66. The number of pyridine rings is 3. The van der Waals surface area contributed by atoms with E-state index in [0.717, 1.165) is 80.0 Å². The van der Waals surface area contributed by atoms with Gasteiger partial charge in [0.15, 0.2) is 0 Å².